The number of benzene rings is 6. The Labute approximate surface area is 276 Å². The zero-order valence-corrected chi connectivity index (χ0v) is 27.5. The molecule has 2 aromatic heterocycles. The number of nitrogens with zero attached hydrogens (tertiary/aromatic N) is 3. The van der Waals surface area contributed by atoms with Crippen molar-refractivity contribution in [2.45, 2.75) is 26.2 Å². The maximum atomic E-state index is 11.9. The molecule has 1 N–H and O–H groups in total. The number of fused-ring (bicyclic) bond motifs is 4. The zero-order valence-electron chi connectivity index (χ0n) is 25.9. The molecule has 2 heterocycles. The molecule has 0 saturated carbocycles. The van der Waals surface area contributed by atoms with Crippen LogP contribution in [-0.2, 0) is 5.41 Å². The second-order valence-electron chi connectivity index (χ2n) is 12.8. The minimum Gasteiger partial charge on any atom is -0.507 e. The van der Waals surface area contributed by atoms with Crippen molar-refractivity contribution < 1.29 is 5.11 Å². The molecule has 6 aromatic carbocycles. The Morgan fingerprint density at radius 2 is 1.30 bits per heavy atom. The number of imidazole rings is 1. The van der Waals surface area contributed by atoms with E-state index in [1.54, 1.807) is 0 Å². The first-order valence-corrected chi connectivity index (χ1v) is 16.3. The summed E-state index contributed by atoms with van der Waals surface area (Å²) in [7, 11) is 0. The third-order valence-corrected chi connectivity index (χ3v) is 9.51. The van der Waals surface area contributed by atoms with Gasteiger partial charge in [0.05, 0.1) is 27.8 Å². The summed E-state index contributed by atoms with van der Waals surface area (Å²) in [5, 5.41) is 14.1. The quantitative estimate of drug-likeness (QED) is 0.204. The van der Waals surface area contributed by atoms with Crippen LogP contribution in [0.5, 0.6) is 5.75 Å². The SMILES string of the molecule is CC(C)(C)c1ccc(-n2c(-c3cc4c5ccccc5n(-c5ccccc5)c4cc3O)nc3c(Br)cccc32)c(-c2ccccc2)c1. The predicted molar refractivity (Wildman–Crippen MR) is 194 cm³/mol. The fourth-order valence-corrected chi connectivity index (χ4v) is 7.02. The molecule has 8 aromatic rings. The van der Waals surface area contributed by atoms with Crippen LogP contribution in [0.1, 0.15) is 26.3 Å². The van der Waals surface area contributed by atoms with E-state index in [2.05, 4.69) is 137 Å². The van der Waals surface area contributed by atoms with E-state index in [4.69, 9.17) is 4.98 Å². The van der Waals surface area contributed by atoms with E-state index in [1.807, 2.05) is 42.5 Å². The van der Waals surface area contributed by atoms with Crippen LogP contribution in [0.15, 0.2) is 138 Å². The van der Waals surface area contributed by atoms with Crippen LogP contribution in [0.3, 0.4) is 0 Å². The van der Waals surface area contributed by atoms with Crippen molar-refractivity contribution in [3.05, 3.63) is 143 Å². The molecule has 46 heavy (non-hydrogen) atoms. The summed E-state index contributed by atoms with van der Waals surface area (Å²) >= 11 is 3.77. The molecule has 0 fully saturated rings. The lowest BCUT2D eigenvalue weighted by Gasteiger charge is -2.23. The predicted octanol–water partition coefficient (Wildman–Crippen LogP) is 11.2. The van der Waals surface area contributed by atoms with Crippen LogP contribution in [0.25, 0.3) is 66.7 Å². The van der Waals surface area contributed by atoms with Gasteiger partial charge < -0.3 is 9.67 Å². The number of hydrogen-bond donors (Lipinski definition) is 1. The Balaban J connectivity index is 1.46. The molecule has 0 aliphatic heterocycles. The first-order chi connectivity index (χ1) is 22.3. The minimum atomic E-state index is -0.0266. The van der Waals surface area contributed by atoms with Crippen molar-refractivity contribution in [3.8, 4) is 39.6 Å². The number of para-hydroxylation sites is 3. The number of phenolic OH excluding ortho intramolecular Hbond substituents is 1. The van der Waals surface area contributed by atoms with E-state index >= 15 is 0 Å². The van der Waals surface area contributed by atoms with Gasteiger partial charge in [0.1, 0.15) is 17.1 Å². The van der Waals surface area contributed by atoms with Gasteiger partial charge >= 0.3 is 0 Å². The topological polar surface area (TPSA) is 43.0 Å². The molecule has 224 valence electrons. The Kier molecular flexibility index (Phi) is 6.62. The van der Waals surface area contributed by atoms with Gasteiger partial charge in [-0.05, 0) is 81.0 Å². The third kappa shape index (κ3) is 4.53. The van der Waals surface area contributed by atoms with Crippen molar-refractivity contribution in [1.29, 1.82) is 0 Å². The Bertz CT molecular complexity index is 2420. The lowest BCUT2D eigenvalue weighted by atomic mass is 9.85. The van der Waals surface area contributed by atoms with Crippen LogP contribution < -0.4 is 0 Å². The lowest BCUT2D eigenvalue weighted by molar-refractivity contribution is 0.477. The molecule has 0 aliphatic rings. The highest BCUT2D eigenvalue weighted by Crippen LogP contribution is 2.43. The summed E-state index contributed by atoms with van der Waals surface area (Å²) in [5.41, 5.74) is 9.99. The third-order valence-electron chi connectivity index (χ3n) is 8.87. The Morgan fingerprint density at radius 3 is 2.07 bits per heavy atom. The summed E-state index contributed by atoms with van der Waals surface area (Å²) < 4.78 is 5.32. The van der Waals surface area contributed by atoms with Gasteiger partial charge in [-0.1, -0.05) is 99.6 Å². The second-order valence-corrected chi connectivity index (χ2v) is 13.7. The molecule has 0 aliphatic carbocycles. The average Bonchev–Trinajstić information content (AvgIpc) is 3.61. The van der Waals surface area contributed by atoms with Crippen molar-refractivity contribution in [1.82, 2.24) is 14.1 Å². The van der Waals surface area contributed by atoms with Crippen molar-refractivity contribution >= 4 is 48.8 Å². The molecule has 0 atom stereocenters. The van der Waals surface area contributed by atoms with Crippen LogP contribution in [0, 0.1) is 0 Å². The molecule has 0 unspecified atom stereocenters. The van der Waals surface area contributed by atoms with Gasteiger partial charge in [-0.3, -0.25) is 4.57 Å². The maximum Gasteiger partial charge on any atom is 0.149 e. The fourth-order valence-electron chi connectivity index (χ4n) is 6.57. The number of aromatic hydroxyl groups is 1. The molecule has 0 radical (unpaired) electrons. The maximum absolute atomic E-state index is 11.9. The molecule has 0 bridgehead atoms. The number of rotatable bonds is 4. The van der Waals surface area contributed by atoms with Gasteiger partial charge in [0.2, 0.25) is 0 Å². The number of phenols is 1. The van der Waals surface area contributed by atoms with E-state index in [1.165, 1.54) is 5.56 Å². The monoisotopic (exact) mass is 661 g/mol. The fraction of sp³-hybridized carbons (Fsp3) is 0.0976. The number of halogens is 1. The molecule has 8 rings (SSSR count). The van der Waals surface area contributed by atoms with Crippen molar-refractivity contribution in [2.75, 3.05) is 0 Å². The van der Waals surface area contributed by atoms with Gasteiger partial charge in [-0.15, -0.1) is 0 Å². The first-order valence-electron chi connectivity index (χ1n) is 15.5. The normalized spacial score (nSPS) is 12.0. The van der Waals surface area contributed by atoms with E-state index in [9.17, 15) is 5.11 Å². The smallest absolute Gasteiger partial charge is 0.149 e. The van der Waals surface area contributed by atoms with Gasteiger partial charge in [0.25, 0.3) is 0 Å². The van der Waals surface area contributed by atoms with Crippen LogP contribution >= 0.6 is 15.9 Å². The van der Waals surface area contributed by atoms with E-state index in [-0.39, 0.29) is 11.2 Å². The summed E-state index contributed by atoms with van der Waals surface area (Å²) in [4.78, 5) is 5.23. The van der Waals surface area contributed by atoms with Crippen molar-refractivity contribution in [3.63, 3.8) is 0 Å². The Hall–Kier alpha value is -5.13. The first kappa shape index (κ1) is 28.4. The Morgan fingerprint density at radius 1 is 0.609 bits per heavy atom. The largest absolute Gasteiger partial charge is 0.507 e. The van der Waals surface area contributed by atoms with Crippen LogP contribution in [-0.4, -0.2) is 19.2 Å². The number of hydrogen-bond acceptors (Lipinski definition) is 2. The number of aromatic nitrogens is 3. The summed E-state index contributed by atoms with van der Waals surface area (Å²) in [6.45, 7) is 6.72. The van der Waals surface area contributed by atoms with E-state index in [0.717, 1.165) is 59.8 Å². The zero-order chi connectivity index (χ0) is 31.6. The highest BCUT2D eigenvalue weighted by molar-refractivity contribution is 9.10. The van der Waals surface area contributed by atoms with Gasteiger partial charge in [-0.25, -0.2) is 4.98 Å². The van der Waals surface area contributed by atoms with Crippen molar-refractivity contribution in [2.24, 2.45) is 0 Å². The standard InChI is InChI=1S/C41H32BrN3O/c1-41(2,3)27-21-22-35(30(23-27)26-13-6-4-7-14-26)45-36-20-12-18-33(42)39(36)43-40(45)32-24-31-29-17-10-11-19-34(29)44(37(31)25-38(32)46)28-15-8-5-9-16-28/h4-25,46H,1-3H3. The second kappa shape index (κ2) is 10.7. The highest BCUT2D eigenvalue weighted by Gasteiger charge is 2.24. The molecule has 0 saturated heterocycles. The highest BCUT2D eigenvalue weighted by atomic mass is 79.9. The minimum absolute atomic E-state index is 0.0266. The van der Waals surface area contributed by atoms with Gasteiger partial charge in [-0.2, -0.15) is 0 Å². The van der Waals surface area contributed by atoms with Gasteiger partial charge in [0, 0.05) is 32.6 Å². The van der Waals surface area contributed by atoms with Crippen LogP contribution in [0.2, 0.25) is 0 Å². The van der Waals surface area contributed by atoms with E-state index < -0.39 is 0 Å². The van der Waals surface area contributed by atoms with E-state index in [0.29, 0.717) is 11.4 Å². The molecule has 4 nitrogen and oxygen atoms in total. The molecular weight excluding hydrogens is 630 g/mol. The molecule has 0 spiro atoms. The molecular formula is C41H32BrN3O. The molecule has 5 heteroatoms. The summed E-state index contributed by atoms with van der Waals surface area (Å²) in [5.74, 6) is 0.853. The van der Waals surface area contributed by atoms with Gasteiger partial charge in [0.15, 0.2) is 0 Å². The lowest BCUT2D eigenvalue weighted by Crippen LogP contribution is -2.12. The average molecular weight is 663 g/mol. The van der Waals surface area contributed by atoms with Crippen LogP contribution in [0.4, 0.5) is 0 Å². The summed E-state index contributed by atoms with van der Waals surface area (Å²) in [6, 6.07) is 46.1. The molecule has 0 amide bonds. The summed E-state index contributed by atoms with van der Waals surface area (Å²) in [6.07, 6.45) is 0.